The van der Waals surface area contributed by atoms with Crippen LogP contribution in [0.2, 0.25) is 0 Å². The minimum absolute atomic E-state index is 0.0157. The maximum Gasteiger partial charge on any atom is 0.324 e. The first-order valence-electron chi connectivity index (χ1n) is 10.4. The lowest BCUT2D eigenvalue weighted by atomic mass is 10.3. The van der Waals surface area contributed by atoms with Crippen molar-refractivity contribution in [3.63, 3.8) is 0 Å². The monoisotopic (exact) mass is 396 g/mol. The minimum Gasteiger partial charge on any atom is -0.379 e. The Hall–Kier alpha value is -1.62. The molecule has 0 saturated carbocycles. The molecule has 0 spiro atoms. The molecule has 2 atom stereocenters. The standard InChI is InChI=1S/C18H32N6O4/c1-3-21-15-16(24(17(21)25)14-20-7-11-28-12-8-20)22(4-2)18(26)23(15)13-19-5-9-27-10-6-19/h15-16H,3-14H2,1-2H3/t15-,16-/m0/s1. The number of fused-ring (bicyclic) bond motifs is 1. The predicted molar refractivity (Wildman–Crippen MR) is 101 cm³/mol. The molecule has 28 heavy (non-hydrogen) atoms. The van der Waals surface area contributed by atoms with Crippen LogP contribution in [0.15, 0.2) is 0 Å². The van der Waals surface area contributed by atoms with Crippen LogP contribution in [0.25, 0.3) is 0 Å². The van der Waals surface area contributed by atoms with Crippen LogP contribution >= 0.6 is 0 Å². The first-order valence-corrected chi connectivity index (χ1v) is 10.4. The summed E-state index contributed by atoms with van der Waals surface area (Å²) in [5.41, 5.74) is 0. The number of carbonyl (C=O) groups is 2. The second kappa shape index (κ2) is 8.40. The Balaban J connectivity index is 1.56. The van der Waals surface area contributed by atoms with E-state index in [-0.39, 0.29) is 24.4 Å². The molecule has 4 saturated heterocycles. The normalized spacial score (nSPS) is 29.9. The third kappa shape index (κ3) is 3.42. The molecule has 10 nitrogen and oxygen atoms in total. The van der Waals surface area contributed by atoms with E-state index >= 15 is 0 Å². The van der Waals surface area contributed by atoms with Crippen LogP contribution < -0.4 is 0 Å². The summed E-state index contributed by atoms with van der Waals surface area (Å²) >= 11 is 0. The molecule has 0 aromatic rings. The van der Waals surface area contributed by atoms with E-state index in [0.29, 0.717) is 52.9 Å². The van der Waals surface area contributed by atoms with Crippen molar-refractivity contribution in [3.05, 3.63) is 0 Å². The summed E-state index contributed by atoms with van der Waals surface area (Å²) in [6, 6.07) is 0.0313. The van der Waals surface area contributed by atoms with Gasteiger partial charge >= 0.3 is 12.1 Å². The van der Waals surface area contributed by atoms with Crippen molar-refractivity contribution in [3.8, 4) is 0 Å². The van der Waals surface area contributed by atoms with Crippen molar-refractivity contribution in [2.24, 2.45) is 0 Å². The van der Waals surface area contributed by atoms with Crippen molar-refractivity contribution in [1.82, 2.24) is 29.4 Å². The average molecular weight is 396 g/mol. The molecule has 0 N–H and O–H groups in total. The molecular weight excluding hydrogens is 364 g/mol. The van der Waals surface area contributed by atoms with Crippen LogP contribution in [0, 0.1) is 0 Å². The van der Waals surface area contributed by atoms with Gasteiger partial charge in [0.1, 0.15) is 0 Å². The summed E-state index contributed by atoms with van der Waals surface area (Å²) < 4.78 is 10.9. The van der Waals surface area contributed by atoms with Gasteiger partial charge in [0, 0.05) is 39.3 Å². The lowest BCUT2D eigenvalue weighted by Crippen LogP contribution is -2.52. The van der Waals surface area contributed by atoms with E-state index < -0.39 is 0 Å². The highest BCUT2D eigenvalue weighted by molar-refractivity contribution is 5.85. The van der Waals surface area contributed by atoms with Crippen molar-refractivity contribution in [2.75, 3.05) is 79.0 Å². The average Bonchev–Trinajstić information content (AvgIpc) is 3.14. The lowest BCUT2D eigenvalue weighted by Gasteiger charge is -2.35. The fourth-order valence-corrected chi connectivity index (χ4v) is 4.61. The molecule has 0 unspecified atom stereocenters. The number of likely N-dealkylation sites (N-methyl/N-ethyl adjacent to an activating group) is 2. The zero-order valence-electron chi connectivity index (χ0n) is 17.0. The lowest BCUT2D eigenvalue weighted by molar-refractivity contribution is -0.00234. The summed E-state index contributed by atoms with van der Waals surface area (Å²) in [7, 11) is 0. The number of carbonyl (C=O) groups excluding carboxylic acids is 2. The summed E-state index contributed by atoms with van der Waals surface area (Å²) in [4.78, 5) is 38.4. The zero-order chi connectivity index (χ0) is 19.7. The zero-order valence-corrected chi connectivity index (χ0v) is 17.0. The van der Waals surface area contributed by atoms with E-state index in [1.165, 1.54) is 0 Å². The van der Waals surface area contributed by atoms with Crippen LogP contribution in [-0.2, 0) is 9.47 Å². The van der Waals surface area contributed by atoms with Gasteiger partial charge in [0.2, 0.25) is 0 Å². The quantitative estimate of drug-likeness (QED) is 0.616. The van der Waals surface area contributed by atoms with Crippen molar-refractivity contribution in [2.45, 2.75) is 26.2 Å². The van der Waals surface area contributed by atoms with Gasteiger partial charge in [-0.25, -0.2) is 9.59 Å². The Morgan fingerprint density at radius 2 is 1.04 bits per heavy atom. The molecule has 4 aliphatic heterocycles. The maximum absolute atomic E-state index is 13.2. The Morgan fingerprint density at radius 1 is 0.679 bits per heavy atom. The Kier molecular flexibility index (Phi) is 5.91. The highest BCUT2D eigenvalue weighted by Gasteiger charge is 2.58. The molecule has 4 amide bonds. The van der Waals surface area contributed by atoms with Gasteiger partial charge < -0.3 is 19.3 Å². The Bertz CT molecular complexity index is 530. The minimum atomic E-state index is -0.242. The van der Waals surface area contributed by atoms with Gasteiger partial charge in [-0.1, -0.05) is 0 Å². The molecule has 158 valence electrons. The third-order valence-electron chi connectivity index (χ3n) is 6.12. The SMILES string of the molecule is CCN1C(=O)N(CN2CCOCC2)[C@H]2[C@@H]1N(CN1CCOCC1)C(=O)N2CC. The Morgan fingerprint density at radius 3 is 1.36 bits per heavy atom. The predicted octanol–water partition coefficient (Wildman–Crippen LogP) is -0.267. The summed E-state index contributed by atoms with van der Waals surface area (Å²) in [5, 5.41) is 0. The van der Waals surface area contributed by atoms with Gasteiger partial charge in [0.15, 0.2) is 12.3 Å². The number of ether oxygens (including phenoxy) is 2. The highest BCUT2D eigenvalue weighted by Crippen LogP contribution is 2.35. The van der Waals surface area contributed by atoms with E-state index in [2.05, 4.69) is 9.80 Å². The van der Waals surface area contributed by atoms with Crippen LogP contribution in [0.4, 0.5) is 9.59 Å². The second-order valence-corrected chi connectivity index (χ2v) is 7.65. The number of amides is 4. The third-order valence-corrected chi connectivity index (χ3v) is 6.12. The number of hydrogen-bond acceptors (Lipinski definition) is 6. The van der Waals surface area contributed by atoms with E-state index in [1.54, 1.807) is 0 Å². The summed E-state index contributed by atoms with van der Waals surface area (Å²) in [6.45, 7) is 12.2. The van der Waals surface area contributed by atoms with Gasteiger partial charge in [-0.3, -0.25) is 19.6 Å². The largest absolute Gasteiger partial charge is 0.379 e. The van der Waals surface area contributed by atoms with Crippen molar-refractivity contribution < 1.29 is 19.1 Å². The fraction of sp³-hybridized carbons (Fsp3) is 0.889. The van der Waals surface area contributed by atoms with E-state index in [9.17, 15) is 9.59 Å². The molecule has 0 aliphatic carbocycles. The van der Waals surface area contributed by atoms with Crippen LogP contribution in [0.5, 0.6) is 0 Å². The molecule has 4 heterocycles. The molecule has 0 bridgehead atoms. The van der Waals surface area contributed by atoms with Crippen molar-refractivity contribution >= 4 is 12.1 Å². The van der Waals surface area contributed by atoms with E-state index in [0.717, 1.165) is 26.2 Å². The van der Waals surface area contributed by atoms with Crippen LogP contribution in [0.1, 0.15) is 13.8 Å². The topological polar surface area (TPSA) is 72.0 Å². The van der Waals surface area contributed by atoms with Crippen LogP contribution in [-0.4, -0.2) is 133 Å². The highest BCUT2D eigenvalue weighted by atomic mass is 16.5. The van der Waals surface area contributed by atoms with Crippen molar-refractivity contribution in [1.29, 1.82) is 0 Å². The smallest absolute Gasteiger partial charge is 0.324 e. The molecule has 0 radical (unpaired) electrons. The molecule has 4 aliphatic rings. The number of nitrogens with zero attached hydrogens (tertiary/aromatic N) is 6. The summed E-state index contributed by atoms with van der Waals surface area (Å²) in [6.07, 6.45) is -0.484. The van der Waals surface area contributed by atoms with Gasteiger partial charge in [-0.2, -0.15) is 0 Å². The number of morpholine rings is 2. The van der Waals surface area contributed by atoms with E-state index in [4.69, 9.17) is 9.47 Å². The van der Waals surface area contributed by atoms with Gasteiger partial charge in [0.25, 0.3) is 0 Å². The second-order valence-electron chi connectivity index (χ2n) is 7.65. The van der Waals surface area contributed by atoms with Gasteiger partial charge in [-0.15, -0.1) is 0 Å². The first kappa shape index (κ1) is 19.7. The number of urea groups is 2. The molecule has 4 rings (SSSR count). The number of hydrogen-bond donors (Lipinski definition) is 0. The van der Waals surface area contributed by atoms with E-state index in [1.807, 2.05) is 33.4 Å². The fourth-order valence-electron chi connectivity index (χ4n) is 4.61. The number of rotatable bonds is 6. The maximum atomic E-state index is 13.2. The molecule has 10 heteroatoms. The van der Waals surface area contributed by atoms with Gasteiger partial charge in [-0.05, 0) is 13.8 Å². The van der Waals surface area contributed by atoms with Gasteiger partial charge in [0.05, 0.1) is 39.8 Å². The van der Waals surface area contributed by atoms with Crippen LogP contribution in [0.3, 0.4) is 0 Å². The molecule has 4 fully saturated rings. The molecule has 0 aromatic heterocycles. The molecule has 0 aromatic carbocycles. The molecular formula is C18H32N6O4. The summed E-state index contributed by atoms with van der Waals surface area (Å²) in [5.74, 6) is 0. The first-order chi connectivity index (χ1) is 13.7. The Labute approximate surface area is 166 Å².